The van der Waals surface area contributed by atoms with Crippen LogP contribution in [0.25, 0.3) is 11.3 Å². The van der Waals surface area contributed by atoms with Gasteiger partial charge >= 0.3 is 0 Å². The van der Waals surface area contributed by atoms with Gasteiger partial charge in [0.2, 0.25) is 0 Å². The molecule has 0 aliphatic carbocycles. The van der Waals surface area contributed by atoms with Gasteiger partial charge in [-0.05, 0) is 56.2 Å². The standard InChI is InChI=1S/C19H17Cl2N3/c1-10-6-11(2)18-14(7-10)17-8-12(3)23-24(17)19(22-18)13-4-5-15(20)16(21)9-13/h4-9,19,22H,1-3H3. The first-order valence-corrected chi connectivity index (χ1v) is 8.59. The molecule has 0 spiro atoms. The number of anilines is 1. The molecule has 24 heavy (non-hydrogen) atoms. The maximum Gasteiger partial charge on any atom is 0.147 e. The number of benzene rings is 2. The molecule has 3 nitrogen and oxygen atoms in total. The molecule has 0 radical (unpaired) electrons. The van der Waals surface area contributed by atoms with Gasteiger partial charge in [-0.3, -0.25) is 0 Å². The Hall–Kier alpha value is -1.97. The zero-order valence-electron chi connectivity index (χ0n) is 13.7. The van der Waals surface area contributed by atoms with E-state index in [9.17, 15) is 0 Å². The molecule has 0 saturated carbocycles. The average molecular weight is 358 g/mol. The van der Waals surface area contributed by atoms with Crippen molar-refractivity contribution in [1.29, 1.82) is 0 Å². The Morgan fingerprint density at radius 1 is 1.00 bits per heavy atom. The lowest BCUT2D eigenvalue weighted by molar-refractivity contribution is 0.570. The van der Waals surface area contributed by atoms with Crippen LogP contribution in [0.3, 0.4) is 0 Å². The summed E-state index contributed by atoms with van der Waals surface area (Å²) in [5.41, 5.74) is 7.92. The molecule has 1 aliphatic heterocycles. The van der Waals surface area contributed by atoms with Crippen molar-refractivity contribution in [3.05, 3.63) is 68.8 Å². The number of rotatable bonds is 1. The molecule has 1 unspecified atom stereocenters. The largest absolute Gasteiger partial charge is 0.359 e. The summed E-state index contributed by atoms with van der Waals surface area (Å²) in [5.74, 6) is 0. The molecule has 4 rings (SSSR count). The van der Waals surface area contributed by atoms with E-state index in [0.29, 0.717) is 10.0 Å². The van der Waals surface area contributed by atoms with Crippen molar-refractivity contribution >= 4 is 28.9 Å². The molecule has 2 aromatic carbocycles. The first-order chi connectivity index (χ1) is 11.4. The van der Waals surface area contributed by atoms with Gasteiger partial charge in [0, 0.05) is 11.3 Å². The summed E-state index contributed by atoms with van der Waals surface area (Å²) in [6.45, 7) is 6.26. The number of halogens is 2. The highest BCUT2D eigenvalue weighted by Gasteiger charge is 2.28. The third-order valence-corrected chi connectivity index (χ3v) is 5.14. The van der Waals surface area contributed by atoms with E-state index in [0.717, 1.165) is 22.6 Å². The monoisotopic (exact) mass is 357 g/mol. The number of nitrogens with zero attached hydrogens (tertiary/aromatic N) is 2. The van der Waals surface area contributed by atoms with E-state index in [2.05, 4.69) is 37.4 Å². The van der Waals surface area contributed by atoms with Gasteiger partial charge in [0.25, 0.3) is 0 Å². The van der Waals surface area contributed by atoms with Crippen LogP contribution in [0.15, 0.2) is 36.4 Å². The van der Waals surface area contributed by atoms with Gasteiger partial charge in [-0.25, -0.2) is 4.68 Å². The summed E-state index contributed by atoms with van der Waals surface area (Å²) in [7, 11) is 0. The molecule has 0 saturated heterocycles. The van der Waals surface area contributed by atoms with Crippen LogP contribution >= 0.6 is 23.2 Å². The van der Waals surface area contributed by atoms with Crippen LogP contribution in [-0.4, -0.2) is 9.78 Å². The zero-order chi connectivity index (χ0) is 17.0. The Balaban J connectivity index is 1.93. The number of hydrogen-bond donors (Lipinski definition) is 1. The summed E-state index contributed by atoms with van der Waals surface area (Å²) in [6, 6.07) is 12.2. The second kappa shape index (κ2) is 5.54. The highest BCUT2D eigenvalue weighted by Crippen LogP contribution is 2.41. The first-order valence-electron chi connectivity index (χ1n) is 7.83. The highest BCUT2D eigenvalue weighted by molar-refractivity contribution is 6.42. The van der Waals surface area contributed by atoms with E-state index < -0.39 is 0 Å². The lowest BCUT2D eigenvalue weighted by Crippen LogP contribution is -2.26. The fourth-order valence-corrected chi connectivity index (χ4v) is 3.69. The Bertz CT molecular complexity index is 959. The summed E-state index contributed by atoms with van der Waals surface area (Å²) < 4.78 is 2.02. The average Bonchev–Trinajstić information content (AvgIpc) is 2.91. The number of nitrogens with one attached hydrogen (secondary N) is 1. The summed E-state index contributed by atoms with van der Waals surface area (Å²) >= 11 is 12.3. The van der Waals surface area contributed by atoms with Gasteiger partial charge in [0.1, 0.15) is 6.17 Å². The van der Waals surface area contributed by atoms with Gasteiger partial charge < -0.3 is 5.32 Å². The first kappa shape index (κ1) is 15.6. The predicted molar refractivity (Wildman–Crippen MR) is 100 cm³/mol. The van der Waals surface area contributed by atoms with Crippen LogP contribution in [0.1, 0.15) is 28.6 Å². The van der Waals surface area contributed by atoms with Crippen LogP contribution in [0.2, 0.25) is 10.0 Å². The SMILES string of the molecule is Cc1cc(C)c2c(c1)-c1cc(C)nn1C(c1ccc(Cl)c(Cl)c1)N2. The smallest absolute Gasteiger partial charge is 0.147 e. The molecule has 0 amide bonds. The van der Waals surface area contributed by atoms with E-state index in [-0.39, 0.29) is 6.17 Å². The Kier molecular flexibility index (Phi) is 3.59. The summed E-state index contributed by atoms with van der Waals surface area (Å²) in [4.78, 5) is 0. The number of fused-ring (bicyclic) bond motifs is 3. The van der Waals surface area contributed by atoms with Crippen molar-refractivity contribution in [3.63, 3.8) is 0 Å². The van der Waals surface area contributed by atoms with Gasteiger partial charge in [-0.2, -0.15) is 5.10 Å². The van der Waals surface area contributed by atoms with Crippen LogP contribution in [-0.2, 0) is 0 Å². The molecule has 0 bridgehead atoms. The fraction of sp³-hybridized carbons (Fsp3) is 0.211. The van der Waals surface area contributed by atoms with Gasteiger partial charge in [0.15, 0.2) is 0 Å². The van der Waals surface area contributed by atoms with Crippen molar-refractivity contribution in [2.45, 2.75) is 26.9 Å². The van der Waals surface area contributed by atoms with E-state index in [4.69, 9.17) is 28.3 Å². The highest BCUT2D eigenvalue weighted by atomic mass is 35.5. The molecule has 122 valence electrons. The lowest BCUT2D eigenvalue weighted by atomic mass is 9.98. The van der Waals surface area contributed by atoms with Crippen molar-refractivity contribution < 1.29 is 0 Å². The van der Waals surface area contributed by atoms with E-state index in [1.807, 2.05) is 29.8 Å². The maximum atomic E-state index is 6.23. The second-order valence-electron chi connectivity index (χ2n) is 6.34. The number of aromatic nitrogens is 2. The van der Waals surface area contributed by atoms with Crippen LogP contribution < -0.4 is 5.32 Å². The van der Waals surface area contributed by atoms with E-state index in [1.165, 1.54) is 16.7 Å². The normalized spacial score (nSPS) is 15.6. The fourth-order valence-electron chi connectivity index (χ4n) is 3.38. The molecular formula is C19H17Cl2N3. The van der Waals surface area contributed by atoms with Crippen LogP contribution in [0, 0.1) is 20.8 Å². The summed E-state index contributed by atoms with van der Waals surface area (Å²) in [5, 5.41) is 9.43. The Morgan fingerprint density at radius 2 is 1.79 bits per heavy atom. The molecule has 0 fully saturated rings. The quantitative estimate of drug-likeness (QED) is 0.600. The van der Waals surface area contributed by atoms with Gasteiger partial charge in [-0.15, -0.1) is 0 Å². The van der Waals surface area contributed by atoms with Crippen LogP contribution in [0.5, 0.6) is 0 Å². The zero-order valence-corrected chi connectivity index (χ0v) is 15.2. The molecule has 5 heteroatoms. The van der Waals surface area contributed by atoms with E-state index >= 15 is 0 Å². The van der Waals surface area contributed by atoms with Crippen molar-refractivity contribution in [2.75, 3.05) is 5.32 Å². The third kappa shape index (κ3) is 2.40. The summed E-state index contributed by atoms with van der Waals surface area (Å²) in [6.07, 6.45) is -0.114. The minimum absolute atomic E-state index is 0.114. The number of hydrogen-bond acceptors (Lipinski definition) is 2. The van der Waals surface area contributed by atoms with Gasteiger partial charge in [-0.1, -0.05) is 40.9 Å². The minimum Gasteiger partial charge on any atom is -0.359 e. The maximum absolute atomic E-state index is 6.23. The predicted octanol–water partition coefficient (Wildman–Crippen LogP) is 5.75. The molecule has 1 atom stereocenters. The van der Waals surface area contributed by atoms with Crippen molar-refractivity contribution in [1.82, 2.24) is 9.78 Å². The Morgan fingerprint density at radius 3 is 2.54 bits per heavy atom. The third-order valence-electron chi connectivity index (χ3n) is 4.40. The second-order valence-corrected chi connectivity index (χ2v) is 7.15. The molecule has 2 heterocycles. The van der Waals surface area contributed by atoms with Crippen LogP contribution in [0.4, 0.5) is 5.69 Å². The lowest BCUT2D eigenvalue weighted by Gasteiger charge is -2.31. The molecule has 1 N–H and O–H groups in total. The topological polar surface area (TPSA) is 29.9 Å². The minimum atomic E-state index is -0.114. The molecule has 1 aliphatic rings. The van der Waals surface area contributed by atoms with E-state index in [1.54, 1.807) is 0 Å². The molecule has 3 aromatic rings. The molecule has 1 aromatic heterocycles. The Labute approximate surface area is 151 Å². The van der Waals surface area contributed by atoms with Gasteiger partial charge in [0.05, 0.1) is 21.4 Å². The molecular weight excluding hydrogens is 341 g/mol. The van der Waals surface area contributed by atoms with Crippen molar-refractivity contribution in [2.24, 2.45) is 0 Å². The number of aryl methyl sites for hydroxylation is 3. The van der Waals surface area contributed by atoms with Crippen molar-refractivity contribution in [3.8, 4) is 11.3 Å².